The largest absolute Gasteiger partial charge is 0.435 e. The lowest BCUT2D eigenvalue weighted by Crippen LogP contribution is -2.15. The molecule has 2 heterocycles. The average molecular weight is 434 g/mol. The van der Waals surface area contributed by atoms with E-state index < -0.39 is 17.8 Å². The van der Waals surface area contributed by atoms with E-state index in [0.29, 0.717) is 5.02 Å². The number of nitrogens with zero attached hydrogens (tertiary/aromatic N) is 4. The molecule has 1 aliphatic rings. The topological polar surface area (TPSA) is 86.7 Å². The molecule has 0 fully saturated rings. The number of rotatable bonds is 3. The summed E-state index contributed by atoms with van der Waals surface area (Å²) in [6, 6.07) is 8.35. The highest BCUT2D eigenvalue weighted by atomic mass is 35.5. The van der Waals surface area contributed by atoms with Gasteiger partial charge in [0.05, 0.1) is 5.56 Å². The summed E-state index contributed by atoms with van der Waals surface area (Å²) in [5.74, 6) is -0.952. The number of nitrogens with two attached hydrogens (primary N) is 1. The monoisotopic (exact) mass is 433 g/mol. The molecule has 0 saturated heterocycles. The summed E-state index contributed by atoms with van der Waals surface area (Å²) >= 11 is 5.91. The molecule has 1 aromatic carbocycles. The zero-order valence-electron chi connectivity index (χ0n) is 15.4. The van der Waals surface area contributed by atoms with Gasteiger partial charge in [-0.3, -0.25) is 4.79 Å². The molecular formula is C20H15ClF3N5O. The van der Waals surface area contributed by atoms with Crippen LogP contribution < -0.4 is 5.73 Å². The second-order valence-corrected chi connectivity index (χ2v) is 7.27. The third-order valence-electron chi connectivity index (χ3n) is 4.79. The lowest BCUT2D eigenvalue weighted by molar-refractivity contribution is -0.141. The lowest BCUT2D eigenvalue weighted by atomic mass is 9.82. The molecule has 10 heteroatoms. The number of nitrogen functional groups attached to an aromatic ring is 1. The number of alkyl halides is 3. The van der Waals surface area contributed by atoms with Crippen molar-refractivity contribution in [1.82, 2.24) is 19.7 Å². The zero-order chi connectivity index (χ0) is 21.5. The van der Waals surface area contributed by atoms with E-state index in [1.807, 2.05) is 0 Å². The Balaban J connectivity index is 1.86. The number of carbonyl (C=O) groups excluding carboxylic acids is 1. The molecule has 0 saturated carbocycles. The molecule has 1 unspecified atom stereocenters. The second-order valence-electron chi connectivity index (χ2n) is 6.84. The number of allylic oxidation sites excluding steroid dienone is 2. The molecule has 1 atom stereocenters. The van der Waals surface area contributed by atoms with E-state index >= 15 is 0 Å². The van der Waals surface area contributed by atoms with Gasteiger partial charge in [0.1, 0.15) is 11.6 Å². The third-order valence-corrected chi connectivity index (χ3v) is 5.04. The predicted octanol–water partition coefficient (Wildman–Crippen LogP) is 4.45. The normalized spacial score (nSPS) is 17.1. The van der Waals surface area contributed by atoms with Gasteiger partial charge in [-0.15, -0.1) is 0 Å². The first-order valence-electron chi connectivity index (χ1n) is 8.95. The van der Waals surface area contributed by atoms with Crippen LogP contribution in [0.3, 0.4) is 0 Å². The maximum atomic E-state index is 13.8. The summed E-state index contributed by atoms with van der Waals surface area (Å²) in [4.78, 5) is 20.2. The van der Waals surface area contributed by atoms with Gasteiger partial charge >= 0.3 is 6.18 Å². The van der Waals surface area contributed by atoms with Gasteiger partial charge in [-0.2, -0.15) is 23.0 Å². The Hall–Kier alpha value is -3.20. The minimum Gasteiger partial charge on any atom is -0.383 e. The van der Waals surface area contributed by atoms with Crippen molar-refractivity contribution < 1.29 is 18.0 Å². The number of anilines is 1. The molecule has 3 aromatic rings. The van der Waals surface area contributed by atoms with Crippen molar-refractivity contribution in [3.05, 3.63) is 70.6 Å². The minimum absolute atomic E-state index is 0.0938. The van der Waals surface area contributed by atoms with Gasteiger partial charge in [-0.1, -0.05) is 29.8 Å². The van der Waals surface area contributed by atoms with E-state index in [0.717, 1.165) is 10.2 Å². The Morgan fingerprint density at radius 3 is 2.43 bits per heavy atom. The Bertz CT molecular complexity index is 1120. The van der Waals surface area contributed by atoms with Crippen LogP contribution in [-0.4, -0.2) is 25.5 Å². The molecule has 2 N–H and O–H groups in total. The predicted molar refractivity (Wildman–Crippen MR) is 105 cm³/mol. The van der Waals surface area contributed by atoms with Crippen molar-refractivity contribution in [2.24, 2.45) is 0 Å². The fraction of sp³-hybridized carbons (Fsp3) is 0.200. The number of Topliss-reactive ketones (excluding diaryl/α,β-unsaturated/α-hetero) is 1. The van der Waals surface area contributed by atoms with E-state index in [-0.39, 0.29) is 41.5 Å². The standard InChI is InChI=1S/C20H15ClF3N5O/c21-14-4-2-11(3-5-14)12-8-13(10-15(30)9-12)16-17(20(22,23)24)28-29(18(16)25)19-26-6-1-7-27-19/h1-8,12H,9-10,25H2. The number of hydrogen-bond acceptors (Lipinski definition) is 5. The van der Waals surface area contributed by atoms with Gasteiger partial charge in [0.2, 0.25) is 0 Å². The van der Waals surface area contributed by atoms with Crippen LogP contribution in [0.4, 0.5) is 19.0 Å². The zero-order valence-corrected chi connectivity index (χ0v) is 16.2. The van der Waals surface area contributed by atoms with Gasteiger partial charge in [0, 0.05) is 36.2 Å². The van der Waals surface area contributed by atoms with E-state index in [1.165, 1.54) is 18.5 Å². The number of hydrogen-bond donors (Lipinski definition) is 1. The summed E-state index contributed by atoms with van der Waals surface area (Å²) in [7, 11) is 0. The van der Waals surface area contributed by atoms with Gasteiger partial charge in [0.15, 0.2) is 5.69 Å². The van der Waals surface area contributed by atoms with Crippen LogP contribution >= 0.6 is 11.6 Å². The number of benzene rings is 1. The minimum atomic E-state index is -4.78. The van der Waals surface area contributed by atoms with Gasteiger partial charge in [-0.05, 0) is 29.3 Å². The molecular weight excluding hydrogens is 419 g/mol. The SMILES string of the molecule is Nc1c(C2=CC(c3ccc(Cl)cc3)CC(=O)C2)c(C(F)(F)F)nn1-c1ncccn1. The molecule has 6 nitrogen and oxygen atoms in total. The van der Waals surface area contributed by atoms with Crippen LogP contribution in [0.1, 0.15) is 35.6 Å². The fourth-order valence-corrected chi connectivity index (χ4v) is 3.61. The molecule has 0 radical (unpaired) electrons. The third kappa shape index (κ3) is 3.80. The van der Waals surface area contributed by atoms with E-state index in [2.05, 4.69) is 15.1 Å². The van der Waals surface area contributed by atoms with Crippen LogP contribution in [-0.2, 0) is 11.0 Å². The van der Waals surface area contributed by atoms with Crippen LogP contribution in [0, 0.1) is 0 Å². The number of halogens is 4. The lowest BCUT2D eigenvalue weighted by Gasteiger charge is -2.21. The van der Waals surface area contributed by atoms with Crippen LogP contribution in [0.25, 0.3) is 11.5 Å². The molecule has 0 aliphatic heterocycles. The van der Waals surface area contributed by atoms with E-state index in [9.17, 15) is 18.0 Å². The molecule has 1 aliphatic carbocycles. The first kappa shape index (κ1) is 20.1. The van der Waals surface area contributed by atoms with Crippen molar-refractivity contribution in [3.63, 3.8) is 0 Å². The summed E-state index contributed by atoms with van der Waals surface area (Å²) in [6.07, 6.45) is -0.377. The first-order chi connectivity index (χ1) is 14.2. The quantitative estimate of drug-likeness (QED) is 0.659. The Morgan fingerprint density at radius 1 is 1.13 bits per heavy atom. The molecule has 0 amide bonds. The van der Waals surface area contributed by atoms with E-state index in [4.69, 9.17) is 17.3 Å². The summed E-state index contributed by atoms with van der Waals surface area (Å²) in [5.41, 5.74) is 5.52. The fourth-order valence-electron chi connectivity index (χ4n) is 3.49. The second kappa shape index (κ2) is 7.56. The highest BCUT2D eigenvalue weighted by molar-refractivity contribution is 6.30. The Labute approximate surface area is 174 Å². The summed E-state index contributed by atoms with van der Waals surface area (Å²) in [6.45, 7) is 0. The van der Waals surface area contributed by atoms with Crippen molar-refractivity contribution in [2.75, 3.05) is 5.73 Å². The van der Waals surface area contributed by atoms with Crippen molar-refractivity contribution >= 4 is 28.8 Å². The highest BCUT2D eigenvalue weighted by Gasteiger charge is 2.41. The molecule has 0 bridgehead atoms. The number of aromatic nitrogens is 4. The Kier molecular flexibility index (Phi) is 5.07. The average Bonchev–Trinajstić information content (AvgIpc) is 3.06. The van der Waals surface area contributed by atoms with Crippen LogP contribution in [0.2, 0.25) is 5.02 Å². The van der Waals surface area contributed by atoms with Crippen LogP contribution in [0.15, 0.2) is 48.8 Å². The van der Waals surface area contributed by atoms with Crippen LogP contribution in [0.5, 0.6) is 0 Å². The van der Waals surface area contributed by atoms with Gasteiger partial charge < -0.3 is 5.73 Å². The van der Waals surface area contributed by atoms with Gasteiger partial charge in [-0.25, -0.2) is 9.97 Å². The maximum absolute atomic E-state index is 13.8. The first-order valence-corrected chi connectivity index (χ1v) is 9.33. The molecule has 154 valence electrons. The van der Waals surface area contributed by atoms with Crippen molar-refractivity contribution in [2.45, 2.75) is 24.9 Å². The molecule has 0 spiro atoms. The molecule has 30 heavy (non-hydrogen) atoms. The van der Waals surface area contributed by atoms with E-state index in [1.54, 1.807) is 30.3 Å². The number of ketones is 1. The number of carbonyl (C=O) groups is 1. The van der Waals surface area contributed by atoms with Gasteiger partial charge in [0.25, 0.3) is 5.95 Å². The van der Waals surface area contributed by atoms with Crippen molar-refractivity contribution in [1.29, 1.82) is 0 Å². The molecule has 4 rings (SSSR count). The summed E-state index contributed by atoms with van der Waals surface area (Å²) < 4.78 is 42.2. The maximum Gasteiger partial charge on any atom is 0.435 e. The Morgan fingerprint density at radius 2 is 1.80 bits per heavy atom. The smallest absolute Gasteiger partial charge is 0.383 e. The summed E-state index contributed by atoms with van der Waals surface area (Å²) in [5, 5.41) is 4.16. The molecule has 2 aromatic heterocycles. The van der Waals surface area contributed by atoms with Crippen molar-refractivity contribution in [3.8, 4) is 5.95 Å². The highest BCUT2D eigenvalue weighted by Crippen LogP contribution is 2.42.